The molecule has 4 atom stereocenters. The van der Waals surface area contributed by atoms with Crippen molar-refractivity contribution >= 4 is 23.1 Å². The van der Waals surface area contributed by atoms with Gasteiger partial charge in [-0.05, 0) is 78.8 Å². The first kappa shape index (κ1) is 45.8. The predicted octanol–water partition coefficient (Wildman–Crippen LogP) is 7.92. The SMILES string of the molecule is CC(C)(C)NC(Cc1ccccc1)C(=O)CC(CCCCN)C(=O)C(C)(C)C.CC(CC(=O)C(NC(C)(C)C)C(C)C)C(=O)C(C)(C)C. The van der Waals surface area contributed by atoms with Gasteiger partial charge in [-0.2, -0.15) is 0 Å². The molecule has 0 aliphatic rings. The summed E-state index contributed by atoms with van der Waals surface area (Å²) < 4.78 is 0. The number of hydrogen-bond acceptors (Lipinski definition) is 7. The summed E-state index contributed by atoms with van der Waals surface area (Å²) in [5.41, 5.74) is 5.62. The van der Waals surface area contributed by atoms with Gasteiger partial charge < -0.3 is 16.4 Å². The lowest BCUT2D eigenvalue weighted by Crippen LogP contribution is -2.51. The highest BCUT2D eigenvalue weighted by Crippen LogP contribution is 2.27. The summed E-state index contributed by atoms with van der Waals surface area (Å²) in [6.07, 6.45) is 3.74. The summed E-state index contributed by atoms with van der Waals surface area (Å²) in [5.74, 6) is 0.355. The molecule has 276 valence electrons. The number of nitrogens with one attached hydrogen (secondary N) is 2. The molecule has 4 N–H and O–H groups in total. The Morgan fingerprint density at radius 2 is 1.17 bits per heavy atom. The number of nitrogens with two attached hydrogens (primary N) is 1. The topological polar surface area (TPSA) is 118 Å². The molecule has 0 saturated heterocycles. The molecule has 0 saturated carbocycles. The third-order valence-corrected chi connectivity index (χ3v) is 8.14. The van der Waals surface area contributed by atoms with Crippen molar-refractivity contribution < 1.29 is 19.2 Å². The van der Waals surface area contributed by atoms with Crippen LogP contribution < -0.4 is 16.4 Å². The lowest BCUT2D eigenvalue weighted by atomic mass is 9.78. The minimum absolute atomic E-state index is 0.109. The van der Waals surface area contributed by atoms with Gasteiger partial charge in [0.2, 0.25) is 0 Å². The highest BCUT2D eigenvalue weighted by atomic mass is 16.1. The van der Waals surface area contributed by atoms with Gasteiger partial charge in [0, 0.05) is 46.6 Å². The minimum Gasteiger partial charge on any atom is -0.330 e. The molecule has 0 amide bonds. The number of Topliss-reactive ketones (excluding diaryl/α,β-unsaturated/α-hetero) is 4. The summed E-state index contributed by atoms with van der Waals surface area (Å²) >= 11 is 0. The van der Waals surface area contributed by atoms with Crippen LogP contribution in [0.1, 0.15) is 142 Å². The van der Waals surface area contributed by atoms with Gasteiger partial charge in [0.05, 0.1) is 12.1 Å². The number of hydrogen-bond donors (Lipinski definition) is 3. The van der Waals surface area contributed by atoms with Crippen molar-refractivity contribution in [1.29, 1.82) is 0 Å². The van der Waals surface area contributed by atoms with Crippen molar-refractivity contribution in [2.45, 2.75) is 166 Å². The maximum absolute atomic E-state index is 13.3. The number of carbonyl (C=O) groups excluding carboxylic acids is 4. The van der Waals surface area contributed by atoms with Crippen LogP contribution >= 0.6 is 0 Å². The van der Waals surface area contributed by atoms with Gasteiger partial charge in [-0.25, -0.2) is 0 Å². The smallest absolute Gasteiger partial charge is 0.150 e. The highest BCUT2D eigenvalue weighted by molar-refractivity contribution is 5.93. The Bertz CT molecular complexity index is 1130. The zero-order valence-corrected chi connectivity index (χ0v) is 33.4. The third-order valence-electron chi connectivity index (χ3n) is 8.14. The second kappa shape index (κ2) is 19.8. The number of rotatable bonds is 17. The predicted molar refractivity (Wildman–Crippen MR) is 202 cm³/mol. The molecule has 0 bridgehead atoms. The van der Waals surface area contributed by atoms with E-state index in [1.165, 1.54) is 0 Å². The molecule has 0 heterocycles. The summed E-state index contributed by atoms with van der Waals surface area (Å²) in [7, 11) is 0. The second-order valence-electron chi connectivity index (χ2n) is 18.2. The summed E-state index contributed by atoms with van der Waals surface area (Å²) in [4.78, 5) is 50.9. The molecule has 0 aliphatic heterocycles. The summed E-state index contributed by atoms with van der Waals surface area (Å²) in [5, 5.41) is 6.85. The van der Waals surface area contributed by atoms with Gasteiger partial charge in [0.15, 0.2) is 11.6 Å². The number of carbonyl (C=O) groups is 4. The van der Waals surface area contributed by atoms with Crippen molar-refractivity contribution in [1.82, 2.24) is 10.6 Å². The zero-order chi connectivity index (χ0) is 37.7. The van der Waals surface area contributed by atoms with E-state index in [9.17, 15) is 19.2 Å². The van der Waals surface area contributed by atoms with Crippen LogP contribution in [0.15, 0.2) is 30.3 Å². The van der Waals surface area contributed by atoms with E-state index < -0.39 is 5.41 Å². The zero-order valence-electron chi connectivity index (χ0n) is 33.4. The Kier molecular flexibility index (Phi) is 18.9. The molecule has 4 unspecified atom stereocenters. The van der Waals surface area contributed by atoms with Crippen molar-refractivity contribution in [2.75, 3.05) is 6.54 Å². The minimum atomic E-state index is -0.444. The van der Waals surface area contributed by atoms with Crippen LogP contribution in [0, 0.1) is 28.6 Å². The van der Waals surface area contributed by atoms with Gasteiger partial charge in [0.25, 0.3) is 0 Å². The van der Waals surface area contributed by atoms with Crippen LogP contribution in [0.25, 0.3) is 0 Å². The van der Waals surface area contributed by atoms with Crippen LogP contribution in [-0.2, 0) is 25.6 Å². The van der Waals surface area contributed by atoms with E-state index in [4.69, 9.17) is 5.73 Å². The third kappa shape index (κ3) is 19.1. The van der Waals surface area contributed by atoms with E-state index in [0.29, 0.717) is 25.8 Å². The molecule has 1 aromatic rings. The molecule has 7 nitrogen and oxygen atoms in total. The molecular formula is C41H73N3O4. The monoisotopic (exact) mass is 672 g/mol. The lowest BCUT2D eigenvalue weighted by Gasteiger charge is -2.31. The second-order valence-corrected chi connectivity index (χ2v) is 18.2. The Hall–Kier alpha value is -2.22. The van der Waals surface area contributed by atoms with Crippen molar-refractivity contribution in [3.05, 3.63) is 35.9 Å². The Morgan fingerprint density at radius 3 is 1.58 bits per heavy atom. The quantitative estimate of drug-likeness (QED) is 0.144. The average Bonchev–Trinajstić information content (AvgIpc) is 2.92. The molecule has 48 heavy (non-hydrogen) atoms. The molecule has 0 radical (unpaired) electrons. The first-order chi connectivity index (χ1) is 21.7. The van der Waals surface area contributed by atoms with Crippen LogP contribution in [-0.4, -0.2) is 52.8 Å². The van der Waals surface area contributed by atoms with Crippen LogP contribution in [0.3, 0.4) is 0 Å². The van der Waals surface area contributed by atoms with E-state index >= 15 is 0 Å². The van der Waals surface area contributed by atoms with E-state index in [2.05, 4.69) is 52.2 Å². The highest BCUT2D eigenvalue weighted by Gasteiger charge is 2.34. The van der Waals surface area contributed by atoms with Crippen molar-refractivity contribution in [2.24, 2.45) is 34.3 Å². The fourth-order valence-electron chi connectivity index (χ4n) is 5.82. The van der Waals surface area contributed by atoms with Crippen molar-refractivity contribution in [3.63, 3.8) is 0 Å². The molecule has 1 rings (SSSR count). The average molecular weight is 672 g/mol. The number of ketones is 4. The van der Waals surface area contributed by atoms with Crippen LogP contribution in [0.4, 0.5) is 0 Å². The van der Waals surface area contributed by atoms with Crippen LogP contribution in [0.5, 0.6) is 0 Å². The maximum Gasteiger partial charge on any atom is 0.150 e. The fourth-order valence-corrected chi connectivity index (χ4v) is 5.82. The molecule has 0 fully saturated rings. The van der Waals surface area contributed by atoms with E-state index in [1.54, 1.807) is 0 Å². The molecule has 1 aromatic carbocycles. The van der Waals surface area contributed by atoms with Gasteiger partial charge in [-0.1, -0.05) is 99.1 Å². The maximum atomic E-state index is 13.3. The first-order valence-electron chi connectivity index (χ1n) is 18.1. The summed E-state index contributed by atoms with van der Waals surface area (Å²) in [6.45, 7) is 30.4. The largest absolute Gasteiger partial charge is 0.330 e. The lowest BCUT2D eigenvalue weighted by molar-refractivity contribution is -0.134. The van der Waals surface area contributed by atoms with Crippen molar-refractivity contribution in [3.8, 4) is 0 Å². The number of benzene rings is 1. The Morgan fingerprint density at radius 1 is 0.667 bits per heavy atom. The summed E-state index contributed by atoms with van der Waals surface area (Å²) in [6, 6.07) is 9.57. The molecule has 0 aromatic heterocycles. The van der Waals surface area contributed by atoms with E-state index in [1.807, 2.05) is 92.6 Å². The van der Waals surface area contributed by atoms with Gasteiger partial charge >= 0.3 is 0 Å². The van der Waals surface area contributed by atoms with Crippen LogP contribution in [0.2, 0.25) is 0 Å². The van der Waals surface area contributed by atoms with Gasteiger partial charge in [-0.15, -0.1) is 0 Å². The molecular weight excluding hydrogens is 598 g/mol. The fraction of sp³-hybridized carbons (Fsp3) is 0.756. The molecule has 0 spiro atoms. The van der Waals surface area contributed by atoms with E-state index in [0.717, 1.165) is 24.8 Å². The standard InChI is InChI=1S/C24H40N2O2.C17H33NO2/c1-23(2,3)22(28)19(14-10-11-15-25)17-21(27)20(26-24(4,5)6)16-18-12-8-7-9-13-18;1-11(2)14(18-17(7,8)9)13(19)10-12(3)15(20)16(4,5)6/h7-9,12-13,19-20,26H,10-11,14-17,25H2,1-6H3;11-12,14,18H,10H2,1-9H3. The number of unbranched alkanes of at least 4 members (excludes halogenated alkanes) is 1. The van der Waals surface area contributed by atoms with E-state index in [-0.39, 0.29) is 69.5 Å². The molecule has 0 aliphatic carbocycles. The molecule has 7 heteroatoms. The normalized spacial score (nSPS) is 15.2. The Labute approximate surface area is 294 Å². The Balaban J connectivity index is 0.000000977. The van der Waals surface area contributed by atoms with Gasteiger partial charge in [-0.3, -0.25) is 19.2 Å². The first-order valence-corrected chi connectivity index (χ1v) is 18.1. The van der Waals surface area contributed by atoms with Gasteiger partial charge in [0.1, 0.15) is 11.6 Å².